The molecule has 5 heteroatoms. The molecule has 1 rings (SSSR count). The van der Waals surface area contributed by atoms with E-state index in [9.17, 15) is 4.79 Å². The van der Waals surface area contributed by atoms with Crippen molar-refractivity contribution in [2.45, 2.75) is 26.7 Å². The third-order valence-corrected chi connectivity index (χ3v) is 3.14. The first-order valence-electron chi connectivity index (χ1n) is 5.02. The van der Waals surface area contributed by atoms with Crippen molar-refractivity contribution >= 4 is 20.6 Å². The zero-order valence-electron chi connectivity index (χ0n) is 9.89. The lowest BCUT2D eigenvalue weighted by atomic mass is 9.97. The summed E-state index contributed by atoms with van der Waals surface area (Å²) >= 11 is 3.08. The zero-order valence-corrected chi connectivity index (χ0v) is 11.5. The second kappa shape index (κ2) is 4.82. The number of hydrogen-bond donors (Lipinski definition) is 2. The minimum Gasteiger partial charge on any atom is -0.309 e. The van der Waals surface area contributed by atoms with Gasteiger partial charge in [0.05, 0.1) is 4.62 Å². The summed E-state index contributed by atoms with van der Waals surface area (Å²) in [4.78, 5) is 14.3. The number of aromatic amines is 1. The van der Waals surface area contributed by atoms with Crippen molar-refractivity contribution in [3.05, 3.63) is 33.5 Å². The molecule has 0 aliphatic rings. The molecule has 0 fully saturated rings. The highest BCUT2D eigenvalue weighted by Crippen LogP contribution is 2.23. The molecule has 0 aliphatic heterocycles. The molecule has 0 saturated heterocycles. The van der Waals surface area contributed by atoms with E-state index in [0.29, 0.717) is 4.62 Å². The van der Waals surface area contributed by atoms with E-state index < -0.39 is 0 Å². The van der Waals surface area contributed by atoms with Gasteiger partial charge in [-0.15, -0.1) is 0 Å². The third-order valence-electron chi connectivity index (χ3n) is 2.91. The van der Waals surface area contributed by atoms with Crippen LogP contribution in [0.2, 0.25) is 0 Å². The molecule has 88 valence electrons. The molecule has 0 aromatic carbocycles. The molecular weight excluding hydrogens is 270 g/mol. The van der Waals surface area contributed by atoms with Crippen LogP contribution >= 0.6 is 15.9 Å². The molecule has 16 heavy (non-hydrogen) atoms. The van der Waals surface area contributed by atoms with Gasteiger partial charge in [0, 0.05) is 24.4 Å². The van der Waals surface area contributed by atoms with E-state index in [2.05, 4.69) is 20.9 Å². The summed E-state index contributed by atoms with van der Waals surface area (Å²) in [6.45, 7) is 5.88. The Kier molecular flexibility index (Phi) is 3.91. The first kappa shape index (κ1) is 13.0. The van der Waals surface area contributed by atoms with Gasteiger partial charge in [-0.25, -0.2) is 4.79 Å². The van der Waals surface area contributed by atoms with Crippen molar-refractivity contribution in [1.29, 1.82) is 5.41 Å². The average Bonchev–Trinajstić information content (AvgIpc) is 2.44. The van der Waals surface area contributed by atoms with E-state index in [1.807, 2.05) is 20.8 Å². The maximum absolute atomic E-state index is 11.4. The molecule has 1 aromatic heterocycles. The number of hydrogen-bond acceptors (Lipinski definition) is 2. The Morgan fingerprint density at radius 1 is 1.62 bits per heavy atom. The lowest BCUT2D eigenvalue weighted by Gasteiger charge is -2.11. The van der Waals surface area contributed by atoms with E-state index in [0.717, 1.165) is 17.0 Å². The van der Waals surface area contributed by atoms with Crippen LogP contribution in [0.15, 0.2) is 16.4 Å². The fourth-order valence-corrected chi connectivity index (χ4v) is 1.96. The third kappa shape index (κ3) is 2.52. The van der Waals surface area contributed by atoms with E-state index in [1.165, 1.54) is 0 Å². The van der Waals surface area contributed by atoms with Gasteiger partial charge in [0.15, 0.2) is 0 Å². The van der Waals surface area contributed by atoms with Crippen LogP contribution in [-0.4, -0.2) is 14.2 Å². The zero-order chi connectivity index (χ0) is 12.5. The standard InChI is InChI=1S/C11H16BrN3O/c1-6(5-9(12)13)7(2)10-8(3)15(4)11(16)14-10/h5,7,13H,1-4H3,(H,14,16)/b6-5-,13-9?. The van der Waals surface area contributed by atoms with Gasteiger partial charge in [-0.1, -0.05) is 12.5 Å². The summed E-state index contributed by atoms with van der Waals surface area (Å²) in [6.07, 6.45) is 1.75. The number of halogens is 1. The van der Waals surface area contributed by atoms with Crippen molar-refractivity contribution in [2.75, 3.05) is 0 Å². The van der Waals surface area contributed by atoms with Crippen LogP contribution in [0.4, 0.5) is 0 Å². The Morgan fingerprint density at radius 2 is 2.19 bits per heavy atom. The molecule has 0 saturated carbocycles. The van der Waals surface area contributed by atoms with Gasteiger partial charge in [-0.3, -0.25) is 9.98 Å². The number of allylic oxidation sites excluding steroid dienone is 2. The predicted molar refractivity (Wildman–Crippen MR) is 69.6 cm³/mol. The highest BCUT2D eigenvalue weighted by atomic mass is 79.9. The maximum Gasteiger partial charge on any atom is 0.325 e. The topological polar surface area (TPSA) is 61.6 Å². The largest absolute Gasteiger partial charge is 0.325 e. The van der Waals surface area contributed by atoms with Gasteiger partial charge < -0.3 is 4.98 Å². The fraction of sp³-hybridized carbons (Fsp3) is 0.455. The highest BCUT2D eigenvalue weighted by Gasteiger charge is 2.15. The first-order chi connectivity index (χ1) is 7.34. The summed E-state index contributed by atoms with van der Waals surface area (Å²) in [7, 11) is 1.75. The van der Waals surface area contributed by atoms with Gasteiger partial charge >= 0.3 is 5.69 Å². The van der Waals surface area contributed by atoms with E-state index in [-0.39, 0.29) is 11.6 Å². The normalized spacial score (nSPS) is 13.9. The fourth-order valence-electron chi connectivity index (χ4n) is 1.60. The quantitative estimate of drug-likeness (QED) is 0.824. The van der Waals surface area contributed by atoms with E-state index >= 15 is 0 Å². The summed E-state index contributed by atoms with van der Waals surface area (Å²) in [5, 5.41) is 7.34. The van der Waals surface area contributed by atoms with Crippen molar-refractivity contribution < 1.29 is 0 Å². The van der Waals surface area contributed by atoms with Gasteiger partial charge in [0.2, 0.25) is 0 Å². The van der Waals surface area contributed by atoms with Gasteiger partial charge in [0.25, 0.3) is 0 Å². The van der Waals surface area contributed by atoms with Gasteiger partial charge in [-0.2, -0.15) is 0 Å². The number of nitrogens with zero attached hydrogens (tertiary/aromatic N) is 1. The first-order valence-corrected chi connectivity index (χ1v) is 5.81. The van der Waals surface area contributed by atoms with E-state index in [1.54, 1.807) is 17.7 Å². The highest BCUT2D eigenvalue weighted by molar-refractivity contribution is 9.18. The van der Waals surface area contributed by atoms with Crippen molar-refractivity contribution in [2.24, 2.45) is 7.05 Å². The molecule has 4 nitrogen and oxygen atoms in total. The van der Waals surface area contributed by atoms with E-state index in [4.69, 9.17) is 5.41 Å². The van der Waals surface area contributed by atoms with Crippen LogP contribution in [0, 0.1) is 12.3 Å². The number of H-pyrrole nitrogens is 1. The predicted octanol–water partition coefficient (Wildman–Crippen LogP) is 2.44. The number of imidazole rings is 1. The molecular formula is C11H16BrN3O. The lowest BCUT2D eigenvalue weighted by Crippen LogP contribution is -2.13. The summed E-state index contributed by atoms with van der Waals surface area (Å²) in [6, 6.07) is 0. The Balaban J connectivity index is 3.15. The van der Waals surface area contributed by atoms with Crippen molar-refractivity contribution in [1.82, 2.24) is 9.55 Å². The number of rotatable bonds is 3. The van der Waals surface area contributed by atoms with Crippen LogP contribution in [0.1, 0.15) is 31.2 Å². The van der Waals surface area contributed by atoms with Crippen LogP contribution in [0.5, 0.6) is 0 Å². The monoisotopic (exact) mass is 285 g/mol. The summed E-state index contributed by atoms with van der Waals surface area (Å²) < 4.78 is 1.94. The molecule has 1 aromatic rings. The molecule has 0 spiro atoms. The number of aromatic nitrogens is 2. The second-order valence-corrected chi connectivity index (χ2v) is 4.80. The maximum atomic E-state index is 11.4. The van der Waals surface area contributed by atoms with Crippen molar-refractivity contribution in [3.8, 4) is 0 Å². The molecule has 0 aliphatic carbocycles. The Bertz CT molecular complexity index is 496. The SMILES string of the molecule is C/C(=C/C(=N)Br)C(C)c1[nH]c(=O)n(C)c1C. The molecule has 2 N–H and O–H groups in total. The van der Waals surface area contributed by atoms with Crippen LogP contribution < -0.4 is 5.69 Å². The molecule has 1 unspecified atom stereocenters. The van der Waals surface area contributed by atoms with Gasteiger partial charge in [0.1, 0.15) is 0 Å². The average molecular weight is 286 g/mol. The minimum atomic E-state index is -0.0962. The Morgan fingerprint density at radius 3 is 2.56 bits per heavy atom. The lowest BCUT2D eigenvalue weighted by molar-refractivity contribution is 0.817. The Hall–Kier alpha value is -1.10. The van der Waals surface area contributed by atoms with Crippen LogP contribution in [0.3, 0.4) is 0 Å². The van der Waals surface area contributed by atoms with Crippen LogP contribution in [0.25, 0.3) is 0 Å². The molecule has 1 atom stereocenters. The summed E-state index contributed by atoms with van der Waals surface area (Å²) in [5.74, 6) is 0.104. The number of nitrogens with one attached hydrogen (secondary N) is 2. The molecule has 0 amide bonds. The molecule has 0 bridgehead atoms. The van der Waals surface area contributed by atoms with Gasteiger partial charge in [-0.05, 0) is 35.9 Å². The molecule has 0 radical (unpaired) electrons. The molecule has 1 heterocycles. The summed E-state index contributed by atoms with van der Waals surface area (Å²) in [5.41, 5.74) is 2.79. The Labute approximate surface area is 103 Å². The minimum absolute atomic E-state index is 0.0962. The van der Waals surface area contributed by atoms with Crippen molar-refractivity contribution in [3.63, 3.8) is 0 Å². The second-order valence-electron chi connectivity index (χ2n) is 3.95. The van der Waals surface area contributed by atoms with Crippen LogP contribution in [-0.2, 0) is 7.05 Å². The smallest absolute Gasteiger partial charge is 0.309 e.